The summed E-state index contributed by atoms with van der Waals surface area (Å²) >= 11 is 0. The van der Waals surface area contributed by atoms with E-state index in [2.05, 4.69) is 0 Å². The minimum Gasteiger partial charge on any atom is -0.491 e. The first-order chi connectivity index (χ1) is 10.1. The highest BCUT2D eigenvalue weighted by Crippen LogP contribution is 2.24. The Kier molecular flexibility index (Phi) is 8.93. The summed E-state index contributed by atoms with van der Waals surface area (Å²) in [4.78, 5) is 0. The van der Waals surface area contributed by atoms with E-state index < -0.39 is 0 Å². The summed E-state index contributed by atoms with van der Waals surface area (Å²) in [6.07, 6.45) is 0. The molecule has 0 aliphatic rings. The van der Waals surface area contributed by atoms with Gasteiger partial charge < -0.3 is 24.7 Å². The van der Waals surface area contributed by atoms with Crippen molar-refractivity contribution in [3.8, 4) is 5.75 Å². The molecule has 0 saturated carbocycles. The first kappa shape index (κ1) is 17.8. The molecule has 0 radical (unpaired) electrons. The molecule has 1 unspecified atom stereocenters. The number of methoxy groups -OCH3 is 1. The number of benzene rings is 1. The third kappa shape index (κ3) is 7.38. The van der Waals surface area contributed by atoms with E-state index in [1.807, 2.05) is 0 Å². The van der Waals surface area contributed by atoms with Crippen LogP contribution in [0.5, 0.6) is 5.75 Å². The molecule has 0 fully saturated rings. The Morgan fingerprint density at radius 3 is 2.29 bits per heavy atom. The van der Waals surface area contributed by atoms with Crippen molar-refractivity contribution in [1.82, 2.24) is 0 Å². The molecular weight excluding hydrogens is 277 g/mol. The summed E-state index contributed by atoms with van der Waals surface area (Å²) in [5.41, 5.74) is 6.44. The maximum Gasteiger partial charge on any atom is 0.124 e. The fourth-order valence-corrected chi connectivity index (χ4v) is 1.68. The summed E-state index contributed by atoms with van der Waals surface area (Å²) in [6.45, 7) is 4.75. The lowest BCUT2D eigenvalue weighted by molar-refractivity contribution is 0.0179. The van der Waals surface area contributed by atoms with E-state index in [0.29, 0.717) is 51.0 Å². The molecule has 6 heteroatoms. The van der Waals surface area contributed by atoms with E-state index in [1.165, 1.54) is 12.1 Å². The van der Waals surface area contributed by atoms with E-state index in [9.17, 15) is 4.39 Å². The van der Waals surface area contributed by atoms with Crippen molar-refractivity contribution >= 4 is 0 Å². The van der Waals surface area contributed by atoms with Crippen LogP contribution in [0.4, 0.5) is 4.39 Å². The van der Waals surface area contributed by atoms with E-state index in [4.69, 9.17) is 24.7 Å². The summed E-state index contributed by atoms with van der Waals surface area (Å²) in [6, 6.07) is 4.05. The van der Waals surface area contributed by atoms with Gasteiger partial charge in [-0.3, -0.25) is 0 Å². The second-order valence-corrected chi connectivity index (χ2v) is 4.54. The monoisotopic (exact) mass is 301 g/mol. The Labute approximate surface area is 125 Å². The number of hydrogen-bond acceptors (Lipinski definition) is 5. The molecule has 0 aliphatic carbocycles. The van der Waals surface area contributed by atoms with Gasteiger partial charge in [0.1, 0.15) is 18.2 Å². The molecule has 0 heterocycles. The van der Waals surface area contributed by atoms with Gasteiger partial charge in [-0.1, -0.05) is 0 Å². The fourth-order valence-electron chi connectivity index (χ4n) is 1.68. The maximum absolute atomic E-state index is 13.2. The molecule has 2 N–H and O–H groups in total. The Hall–Kier alpha value is -1.21. The smallest absolute Gasteiger partial charge is 0.124 e. The zero-order valence-corrected chi connectivity index (χ0v) is 12.6. The van der Waals surface area contributed by atoms with Crippen LogP contribution < -0.4 is 10.5 Å². The lowest BCUT2D eigenvalue weighted by atomic mass is 10.1. The molecule has 1 aromatic carbocycles. The van der Waals surface area contributed by atoms with Crippen LogP contribution in [0.15, 0.2) is 18.2 Å². The standard InChI is InChI=1S/C15H24FNO4/c1-12(17)14-11-13(16)3-4-15(14)21-10-9-20-8-7-19-6-5-18-2/h3-4,11-12H,5-10,17H2,1-2H3. The van der Waals surface area contributed by atoms with Gasteiger partial charge in [0.05, 0.1) is 33.0 Å². The Balaban J connectivity index is 2.18. The van der Waals surface area contributed by atoms with E-state index >= 15 is 0 Å². The second-order valence-electron chi connectivity index (χ2n) is 4.54. The van der Waals surface area contributed by atoms with Crippen LogP contribution in [0.1, 0.15) is 18.5 Å². The van der Waals surface area contributed by atoms with Crippen LogP contribution >= 0.6 is 0 Å². The molecule has 0 spiro atoms. The Morgan fingerprint density at radius 2 is 1.67 bits per heavy atom. The molecule has 0 aliphatic heterocycles. The number of rotatable bonds is 11. The molecular formula is C15H24FNO4. The van der Waals surface area contributed by atoms with Gasteiger partial charge in [-0.15, -0.1) is 0 Å². The summed E-state index contributed by atoms with van der Waals surface area (Å²) in [5.74, 6) is 0.269. The van der Waals surface area contributed by atoms with Crippen LogP contribution in [0.25, 0.3) is 0 Å². The molecule has 1 atom stereocenters. The minimum absolute atomic E-state index is 0.286. The summed E-state index contributed by atoms with van der Waals surface area (Å²) in [7, 11) is 1.63. The second kappa shape index (κ2) is 10.5. The highest BCUT2D eigenvalue weighted by molar-refractivity contribution is 5.36. The van der Waals surface area contributed by atoms with Gasteiger partial charge in [0.15, 0.2) is 0 Å². The van der Waals surface area contributed by atoms with Crippen molar-refractivity contribution in [2.75, 3.05) is 46.8 Å². The van der Waals surface area contributed by atoms with Gasteiger partial charge in [0.25, 0.3) is 0 Å². The highest BCUT2D eigenvalue weighted by Gasteiger charge is 2.09. The van der Waals surface area contributed by atoms with Crippen LogP contribution in [0, 0.1) is 5.82 Å². The van der Waals surface area contributed by atoms with Crippen molar-refractivity contribution < 1.29 is 23.3 Å². The molecule has 5 nitrogen and oxygen atoms in total. The minimum atomic E-state index is -0.320. The molecule has 21 heavy (non-hydrogen) atoms. The van der Waals surface area contributed by atoms with Crippen molar-refractivity contribution in [2.45, 2.75) is 13.0 Å². The van der Waals surface area contributed by atoms with Crippen LogP contribution in [0.3, 0.4) is 0 Å². The van der Waals surface area contributed by atoms with Crippen molar-refractivity contribution in [3.63, 3.8) is 0 Å². The van der Waals surface area contributed by atoms with Crippen LogP contribution in [0.2, 0.25) is 0 Å². The number of halogens is 1. The van der Waals surface area contributed by atoms with E-state index in [-0.39, 0.29) is 11.9 Å². The van der Waals surface area contributed by atoms with Crippen LogP contribution in [-0.4, -0.2) is 46.8 Å². The van der Waals surface area contributed by atoms with Gasteiger partial charge in [0.2, 0.25) is 0 Å². The maximum atomic E-state index is 13.2. The highest BCUT2D eigenvalue weighted by atomic mass is 19.1. The molecule has 1 aromatic rings. The SMILES string of the molecule is COCCOCCOCCOc1ccc(F)cc1C(C)N. The van der Waals surface area contributed by atoms with Gasteiger partial charge in [-0.05, 0) is 25.1 Å². The van der Waals surface area contributed by atoms with Gasteiger partial charge in [-0.25, -0.2) is 4.39 Å². The first-order valence-corrected chi connectivity index (χ1v) is 6.97. The average molecular weight is 301 g/mol. The normalized spacial score (nSPS) is 12.4. The number of hydrogen-bond donors (Lipinski definition) is 1. The van der Waals surface area contributed by atoms with Crippen molar-refractivity contribution in [3.05, 3.63) is 29.6 Å². The van der Waals surface area contributed by atoms with Crippen molar-refractivity contribution in [2.24, 2.45) is 5.73 Å². The van der Waals surface area contributed by atoms with Crippen molar-refractivity contribution in [1.29, 1.82) is 0 Å². The van der Waals surface area contributed by atoms with Gasteiger partial charge in [-0.2, -0.15) is 0 Å². The van der Waals surface area contributed by atoms with E-state index in [0.717, 1.165) is 0 Å². The predicted octanol–water partition coefficient (Wildman–Crippen LogP) is 1.90. The quantitative estimate of drug-likeness (QED) is 0.633. The number of nitrogens with two attached hydrogens (primary N) is 1. The third-order valence-electron chi connectivity index (χ3n) is 2.75. The number of ether oxygens (including phenoxy) is 4. The molecule has 1 rings (SSSR count). The summed E-state index contributed by atoms with van der Waals surface area (Å²) < 4.78 is 34.2. The lowest BCUT2D eigenvalue weighted by Crippen LogP contribution is -2.14. The van der Waals surface area contributed by atoms with Crippen LogP contribution in [-0.2, 0) is 14.2 Å². The molecule has 0 amide bonds. The van der Waals surface area contributed by atoms with Gasteiger partial charge >= 0.3 is 0 Å². The Bertz CT molecular complexity index is 401. The first-order valence-electron chi connectivity index (χ1n) is 6.97. The Morgan fingerprint density at radius 1 is 1.05 bits per heavy atom. The third-order valence-corrected chi connectivity index (χ3v) is 2.75. The molecule has 0 aromatic heterocycles. The van der Waals surface area contributed by atoms with Gasteiger partial charge in [0, 0.05) is 18.7 Å². The zero-order valence-electron chi connectivity index (χ0n) is 12.6. The molecule has 0 bridgehead atoms. The molecule has 120 valence electrons. The molecule has 0 saturated heterocycles. The fraction of sp³-hybridized carbons (Fsp3) is 0.600. The summed E-state index contributed by atoms with van der Waals surface area (Å²) in [5, 5.41) is 0. The average Bonchev–Trinajstić information content (AvgIpc) is 2.46. The predicted molar refractivity (Wildman–Crippen MR) is 78.0 cm³/mol. The zero-order chi connectivity index (χ0) is 15.5. The topological polar surface area (TPSA) is 62.9 Å². The van der Waals surface area contributed by atoms with E-state index in [1.54, 1.807) is 20.1 Å². The lowest BCUT2D eigenvalue weighted by Gasteiger charge is -2.14. The largest absolute Gasteiger partial charge is 0.491 e.